The van der Waals surface area contributed by atoms with Gasteiger partial charge in [-0.05, 0) is 67.4 Å². The van der Waals surface area contributed by atoms with Crippen LogP contribution in [0.25, 0.3) is 0 Å². The number of esters is 1. The molecule has 29 heavy (non-hydrogen) atoms. The van der Waals surface area contributed by atoms with Gasteiger partial charge in [0.15, 0.2) is 17.6 Å². The molecule has 4 heteroatoms. The molecule has 6 rings (SSSR count). The summed E-state index contributed by atoms with van der Waals surface area (Å²) in [6.45, 7) is 0. The molecule has 2 bridgehead atoms. The lowest BCUT2D eigenvalue weighted by molar-refractivity contribution is -0.00133. The summed E-state index contributed by atoms with van der Waals surface area (Å²) in [5, 5.41) is 0. The van der Waals surface area contributed by atoms with Crippen molar-refractivity contribution in [3.05, 3.63) is 71.0 Å². The van der Waals surface area contributed by atoms with E-state index in [1.165, 1.54) is 24.0 Å². The van der Waals surface area contributed by atoms with Crippen LogP contribution in [0, 0.1) is 11.8 Å². The van der Waals surface area contributed by atoms with E-state index in [-0.39, 0.29) is 17.5 Å². The molecule has 4 aliphatic rings. The number of hydrogen-bond donors (Lipinski definition) is 0. The lowest BCUT2D eigenvalue weighted by atomic mass is 9.49. The highest BCUT2D eigenvalue weighted by atomic mass is 16.6. The quantitative estimate of drug-likeness (QED) is 0.708. The zero-order valence-electron chi connectivity index (χ0n) is 16.5. The first-order valence-corrected chi connectivity index (χ1v) is 10.6. The molecule has 1 spiro atoms. The number of hydrogen-bond acceptors (Lipinski definition) is 4. The Hall–Kier alpha value is -2.75. The highest BCUT2D eigenvalue weighted by Crippen LogP contribution is 2.65. The third-order valence-corrected chi connectivity index (χ3v) is 7.53. The van der Waals surface area contributed by atoms with Crippen molar-refractivity contribution in [2.75, 3.05) is 7.11 Å². The fourth-order valence-corrected chi connectivity index (χ4v) is 6.44. The smallest absolute Gasteiger partial charge is 0.343 e. The first kappa shape index (κ1) is 17.1. The second-order valence-electron chi connectivity index (χ2n) is 8.73. The zero-order chi connectivity index (χ0) is 19.6. The Morgan fingerprint density at radius 2 is 2.03 bits per heavy atom. The number of carbonyl (C=O) groups excluding carboxylic acids is 1. The van der Waals surface area contributed by atoms with Crippen molar-refractivity contribution in [3.8, 4) is 11.5 Å². The van der Waals surface area contributed by atoms with E-state index in [2.05, 4.69) is 12.1 Å². The number of methoxy groups -OCH3 is 1. The van der Waals surface area contributed by atoms with Gasteiger partial charge in [-0.2, -0.15) is 0 Å². The Kier molecular flexibility index (Phi) is 3.62. The minimum absolute atomic E-state index is 0.0958. The Labute approximate surface area is 170 Å². The van der Waals surface area contributed by atoms with Gasteiger partial charge in [0.1, 0.15) is 5.76 Å². The van der Waals surface area contributed by atoms with Crippen LogP contribution in [0.4, 0.5) is 0 Å². The van der Waals surface area contributed by atoms with Crippen LogP contribution in [0.5, 0.6) is 11.5 Å². The monoisotopic (exact) mass is 388 g/mol. The molecule has 2 aromatic rings. The van der Waals surface area contributed by atoms with Crippen LogP contribution in [0.1, 0.15) is 47.2 Å². The Morgan fingerprint density at radius 3 is 2.86 bits per heavy atom. The third kappa shape index (κ3) is 2.23. The molecular formula is C25H24O4. The summed E-state index contributed by atoms with van der Waals surface area (Å²) in [5.74, 6) is 3.21. The summed E-state index contributed by atoms with van der Waals surface area (Å²) in [5.41, 5.74) is 3.18. The number of rotatable bonds is 3. The predicted octanol–water partition coefficient (Wildman–Crippen LogP) is 4.81. The standard InChI is InChI=1S/C25H24O4/c1-27-19-11-9-17-14-16-8-5-13-25-18(16)10-12-20(23(25)29-22(19)21(17)25)28-24(26)15-6-3-2-4-7-15/h2-4,6-7,9,11-12,16,18,23H,5,8,10,13-14H2,1H3. The number of benzene rings is 2. The second kappa shape index (κ2) is 6.12. The third-order valence-electron chi connectivity index (χ3n) is 7.53. The summed E-state index contributed by atoms with van der Waals surface area (Å²) in [7, 11) is 1.69. The fourth-order valence-electron chi connectivity index (χ4n) is 6.44. The van der Waals surface area contributed by atoms with Crippen molar-refractivity contribution in [2.24, 2.45) is 11.8 Å². The van der Waals surface area contributed by atoms with Gasteiger partial charge in [0.05, 0.1) is 12.7 Å². The van der Waals surface area contributed by atoms with Gasteiger partial charge in [-0.15, -0.1) is 0 Å². The van der Waals surface area contributed by atoms with E-state index in [1.807, 2.05) is 24.3 Å². The minimum Gasteiger partial charge on any atom is -0.493 e. The van der Waals surface area contributed by atoms with Gasteiger partial charge in [0.25, 0.3) is 0 Å². The van der Waals surface area contributed by atoms with Gasteiger partial charge in [0.2, 0.25) is 0 Å². The van der Waals surface area contributed by atoms with Crippen LogP contribution in [0.15, 0.2) is 54.3 Å². The van der Waals surface area contributed by atoms with Crippen LogP contribution in [-0.2, 0) is 16.6 Å². The highest BCUT2D eigenvalue weighted by Gasteiger charge is 2.63. The predicted molar refractivity (Wildman–Crippen MR) is 108 cm³/mol. The number of allylic oxidation sites excluding steroid dienone is 1. The summed E-state index contributed by atoms with van der Waals surface area (Å²) < 4.78 is 18.2. The molecule has 148 valence electrons. The zero-order valence-corrected chi connectivity index (χ0v) is 16.5. The molecule has 0 saturated heterocycles. The molecule has 0 N–H and O–H groups in total. The highest BCUT2D eigenvalue weighted by molar-refractivity contribution is 5.90. The van der Waals surface area contributed by atoms with E-state index in [1.54, 1.807) is 19.2 Å². The topological polar surface area (TPSA) is 44.8 Å². The summed E-state index contributed by atoms with van der Waals surface area (Å²) in [4.78, 5) is 12.8. The Bertz CT molecular complexity index is 1020. The van der Waals surface area contributed by atoms with Gasteiger partial charge in [-0.25, -0.2) is 4.79 Å². The van der Waals surface area contributed by atoms with E-state index < -0.39 is 0 Å². The molecule has 1 heterocycles. The molecule has 1 fully saturated rings. The van der Waals surface area contributed by atoms with Crippen LogP contribution < -0.4 is 9.47 Å². The molecule has 4 nitrogen and oxygen atoms in total. The van der Waals surface area contributed by atoms with Gasteiger partial charge in [0, 0.05) is 11.0 Å². The average molecular weight is 388 g/mol. The van der Waals surface area contributed by atoms with Crippen LogP contribution in [-0.4, -0.2) is 19.2 Å². The van der Waals surface area contributed by atoms with Crippen LogP contribution in [0.3, 0.4) is 0 Å². The first-order valence-electron chi connectivity index (χ1n) is 10.6. The fraction of sp³-hybridized carbons (Fsp3) is 0.400. The Morgan fingerprint density at radius 1 is 1.17 bits per heavy atom. The van der Waals surface area contributed by atoms with E-state index in [0.29, 0.717) is 23.2 Å². The van der Waals surface area contributed by atoms with E-state index >= 15 is 0 Å². The van der Waals surface area contributed by atoms with Gasteiger partial charge in [-0.1, -0.05) is 30.7 Å². The number of ether oxygens (including phenoxy) is 3. The molecule has 3 aliphatic carbocycles. The number of carbonyl (C=O) groups is 1. The lowest BCUT2D eigenvalue weighted by Crippen LogP contribution is -2.55. The van der Waals surface area contributed by atoms with E-state index in [0.717, 1.165) is 30.8 Å². The molecule has 0 amide bonds. The Balaban J connectivity index is 1.45. The first-order chi connectivity index (χ1) is 14.2. The molecule has 1 saturated carbocycles. The van der Waals surface area contributed by atoms with Gasteiger partial charge in [-0.3, -0.25) is 0 Å². The maximum Gasteiger partial charge on any atom is 0.343 e. The maximum absolute atomic E-state index is 12.8. The molecule has 0 radical (unpaired) electrons. The molecule has 4 atom stereocenters. The molecular weight excluding hydrogens is 364 g/mol. The van der Waals surface area contributed by atoms with E-state index in [9.17, 15) is 4.79 Å². The molecule has 0 aromatic heterocycles. The van der Waals surface area contributed by atoms with Crippen molar-refractivity contribution >= 4 is 5.97 Å². The summed E-state index contributed by atoms with van der Waals surface area (Å²) in [6.07, 6.45) is 7.45. The molecule has 4 unspecified atom stereocenters. The summed E-state index contributed by atoms with van der Waals surface area (Å²) >= 11 is 0. The van der Waals surface area contributed by atoms with Crippen molar-refractivity contribution in [1.29, 1.82) is 0 Å². The van der Waals surface area contributed by atoms with Gasteiger partial charge < -0.3 is 14.2 Å². The SMILES string of the molecule is COc1ccc2c3c1OC1C(OC(=O)c4ccccc4)=CCC4C(CCCC314)C2. The van der Waals surface area contributed by atoms with Crippen molar-refractivity contribution in [3.63, 3.8) is 0 Å². The maximum atomic E-state index is 12.8. The minimum atomic E-state index is -0.318. The molecule has 1 aliphatic heterocycles. The molecule has 2 aromatic carbocycles. The van der Waals surface area contributed by atoms with Crippen molar-refractivity contribution < 1.29 is 19.0 Å². The normalized spacial score (nSPS) is 30.7. The average Bonchev–Trinajstić information content (AvgIpc) is 3.09. The van der Waals surface area contributed by atoms with Crippen molar-refractivity contribution in [2.45, 2.75) is 43.6 Å². The van der Waals surface area contributed by atoms with E-state index in [4.69, 9.17) is 14.2 Å². The summed E-state index contributed by atoms with van der Waals surface area (Å²) in [6, 6.07) is 13.4. The van der Waals surface area contributed by atoms with Gasteiger partial charge >= 0.3 is 5.97 Å². The second-order valence-corrected chi connectivity index (χ2v) is 8.73. The lowest BCUT2D eigenvalue weighted by Gasteiger charge is -2.53. The van der Waals surface area contributed by atoms with Crippen molar-refractivity contribution in [1.82, 2.24) is 0 Å². The largest absolute Gasteiger partial charge is 0.493 e. The van der Waals surface area contributed by atoms with Crippen LogP contribution >= 0.6 is 0 Å². The van der Waals surface area contributed by atoms with Crippen LogP contribution in [0.2, 0.25) is 0 Å².